The van der Waals surface area contributed by atoms with Crippen LogP contribution in [0.3, 0.4) is 0 Å². The van der Waals surface area contributed by atoms with Gasteiger partial charge < -0.3 is 10.2 Å². The van der Waals surface area contributed by atoms with E-state index in [0.29, 0.717) is 30.2 Å². The van der Waals surface area contributed by atoms with E-state index in [9.17, 15) is 9.00 Å². The number of aryl methyl sites for hydroxylation is 1. The highest BCUT2D eigenvalue weighted by Crippen LogP contribution is 2.19. The number of benzene rings is 1. The van der Waals surface area contributed by atoms with Gasteiger partial charge in [0.05, 0.1) is 5.56 Å². The van der Waals surface area contributed by atoms with E-state index in [0.717, 1.165) is 11.3 Å². The Bertz CT molecular complexity index is 478. The van der Waals surface area contributed by atoms with Crippen molar-refractivity contribution in [2.75, 3.05) is 37.0 Å². The van der Waals surface area contributed by atoms with Gasteiger partial charge in [-0.3, -0.25) is 9.00 Å². The second-order valence-corrected chi connectivity index (χ2v) is 6.14. The smallest absolute Gasteiger partial charge is 0.256 e. The van der Waals surface area contributed by atoms with Gasteiger partial charge in [0.25, 0.3) is 5.91 Å². The van der Waals surface area contributed by atoms with E-state index in [1.165, 1.54) is 0 Å². The summed E-state index contributed by atoms with van der Waals surface area (Å²) in [6.07, 6.45) is 0. The molecule has 4 nitrogen and oxygen atoms in total. The predicted molar refractivity (Wildman–Crippen MR) is 74.5 cm³/mol. The summed E-state index contributed by atoms with van der Waals surface area (Å²) >= 11 is 0. The molecule has 0 atom stereocenters. The zero-order chi connectivity index (χ0) is 13.1. The van der Waals surface area contributed by atoms with Crippen molar-refractivity contribution in [3.05, 3.63) is 29.3 Å². The topological polar surface area (TPSA) is 49.4 Å². The lowest BCUT2D eigenvalue weighted by Gasteiger charge is -2.27. The molecule has 2 rings (SSSR count). The number of nitrogens with one attached hydrogen (secondary N) is 1. The quantitative estimate of drug-likeness (QED) is 0.876. The third-order valence-corrected chi connectivity index (χ3v) is 4.42. The summed E-state index contributed by atoms with van der Waals surface area (Å²) < 4.78 is 11.3. The summed E-state index contributed by atoms with van der Waals surface area (Å²) in [5.74, 6) is 1.21. The highest BCUT2D eigenvalue weighted by atomic mass is 32.2. The normalized spacial score (nSPS) is 16.7. The van der Waals surface area contributed by atoms with Gasteiger partial charge in [0, 0.05) is 48.1 Å². The number of amides is 1. The molecule has 1 amide bonds. The molecule has 1 heterocycles. The van der Waals surface area contributed by atoms with Crippen molar-refractivity contribution in [1.82, 2.24) is 4.90 Å². The molecule has 0 aliphatic carbocycles. The highest BCUT2D eigenvalue weighted by Gasteiger charge is 2.22. The van der Waals surface area contributed by atoms with Crippen LogP contribution >= 0.6 is 0 Å². The van der Waals surface area contributed by atoms with Gasteiger partial charge in [-0.15, -0.1) is 0 Å². The average Bonchev–Trinajstić information content (AvgIpc) is 2.39. The van der Waals surface area contributed by atoms with E-state index in [1.54, 1.807) is 4.90 Å². The third kappa shape index (κ3) is 2.72. The van der Waals surface area contributed by atoms with Crippen LogP contribution in [0.2, 0.25) is 0 Å². The van der Waals surface area contributed by atoms with Crippen LogP contribution in [-0.4, -0.2) is 46.7 Å². The van der Waals surface area contributed by atoms with Crippen LogP contribution in [-0.2, 0) is 10.8 Å². The fourth-order valence-electron chi connectivity index (χ4n) is 2.06. The molecular weight excluding hydrogens is 248 g/mol. The molecule has 0 radical (unpaired) electrons. The number of hydrogen-bond donors (Lipinski definition) is 1. The largest absolute Gasteiger partial charge is 0.387 e. The van der Waals surface area contributed by atoms with E-state index >= 15 is 0 Å². The lowest BCUT2D eigenvalue weighted by molar-refractivity contribution is 0.0772. The van der Waals surface area contributed by atoms with E-state index < -0.39 is 10.8 Å². The standard InChI is InChI=1S/C13H18N2O2S/c1-10-3-4-12(14-2)11(9-10)13(16)15-5-7-18(17)8-6-15/h3-4,9,14H,5-8H2,1-2H3. The van der Waals surface area contributed by atoms with Crippen LogP contribution in [0, 0.1) is 6.92 Å². The maximum atomic E-state index is 12.4. The molecule has 1 aliphatic rings. The van der Waals surface area contributed by atoms with Crippen molar-refractivity contribution in [1.29, 1.82) is 0 Å². The molecule has 1 aromatic rings. The Labute approximate surface area is 110 Å². The van der Waals surface area contributed by atoms with Gasteiger partial charge in [-0.1, -0.05) is 11.6 Å². The summed E-state index contributed by atoms with van der Waals surface area (Å²) in [6, 6.07) is 5.80. The minimum absolute atomic E-state index is 0.0275. The number of carbonyl (C=O) groups is 1. The Balaban J connectivity index is 2.22. The maximum absolute atomic E-state index is 12.4. The first-order valence-corrected chi connectivity index (χ1v) is 7.53. The number of rotatable bonds is 2. The molecule has 0 spiro atoms. The zero-order valence-electron chi connectivity index (χ0n) is 10.7. The predicted octanol–water partition coefficient (Wildman–Crippen LogP) is 1.24. The first-order valence-electron chi connectivity index (χ1n) is 6.04. The molecule has 0 aromatic heterocycles. The van der Waals surface area contributed by atoms with Crippen LogP contribution in [0.25, 0.3) is 0 Å². The van der Waals surface area contributed by atoms with Crippen molar-refractivity contribution in [3.63, 3.8) is 0 Å². The second kappa shape index (κ2) is 5.52. The van der Waals surface area contributed by atoms with Crippen molar-refractivity contribution >= 4 is 22.4 Å². The number of carbonyl (C=O) groups excluding carboxylic acids is 1. The van der Waals surface area contributed by atoms with Gasteiger partial charge in [0.15, 0.2) is 0 Å². The van der Waals surface area contributed by atoms with E-state index in [1.807, 2.05) is 32.2 Å². The molecule has 5 heteroatoms. The minimum Gasteiger partial charge on any atom is -0.387 e. The summed E-state index contributed by atoms with van der Waals surface area (Å²) in [5, 5.41) is 3.04. The molecule has 18 heavy (non-hydrogen) atoms. The van der Waals surface area contributed by atoms with E-state index in [-0.39, 0.29) is 5.91 Å². The molecular formula is C13H18N2O2S. The lowest BCUT2D eigenvalue weighted by atomic mass is 10.1. The number of hydrogen-bond acceptors (Lipinski definition) is 3. The molecule has 1 saturated heterocycles. The van der Waals surface area contributed by atoms with Crippen LogP contribution in [0.4, 0.5) is 5.69 Å². The molecule has 1 fully saturated rings. The Morgan fingerprint density at radius 3 is 2.61 bits per heavy atom. The van der Waals surface area contributed by atoms with E-state index in [4.69, 9.17) is 0 Å². The van der Waals surface area contributed by atoms with E-state index in [2.05, 4.69) is 5.32 Å². The fourth-order valence-corrected chi connectivity index (χ4v) is 3.12. The molecule has 0 unspecified atom stereocenters. The lowest BCUT2D eigenvalue weighted by Crippen LogP contribution is -2.42. The fraction of sp³-hybridized carbons (Fsp3) is 0.462. The van der Waals surface area contributed by atoms with Gasteiger partial charge in [-0.05, 0) is 19.1 Å². The summed E-state index contributed by atoms with van der Waals surface area (Å²) in [4.78, 5) is 14.2. The number of nitrogens with zero attached hydrogens (tertiary/aromatic N) is 1. The number of anilines is 1. The second-order valence-electron chi connectivity index (χ2n) is 4.44. The first-order chi connectivity index (χ1) is 8.61. The van der Waals surface area contributed by atoms with Crippen molar-refractivity contribution < 1.29 is 9.00 Å². The van der Waals surface area contributed by atoms with Crippen LogP contribution in [0.1, 0.15) is 15.9 Å². The third-order valence-electron chi connectivity index (χ3n) is 3.14. The van der Waals surface area contributed by atoms with Gasteiger partial charge in [-0.2, -0.15) is 0 Å². The molecule has 98 valence electrons. The Hall–Kier alpha value is -1.36. The monoisotopic (exact) mass is 266 g/mol. The molecule has 1 aliphatic heterocycles. The Morgan fingerprint density at radius 1 is 1.33 bits per heavy atom. The summed E-state index contributed by atoms with van der Waals surface area (Å²) in [5.41, 5.74) is 2.61. The molecule has 0 bridgehead atoms. The Morgan fingerprint density at radius 2 is 2.00 bits per heavy atom. The van der Waals surface area contributed by atoms with Crippen molar-refractivity contribution in [2.24, 2.45) is 0 Å². The maximum Gasteiger partial charge on any atom is 0.256 e. The summed E-state index contributed by atoms with van der Waals surface area (Å²) in [6.45, 7) is 3.15. The van der Waals surface area contributed by atoms with Crippen LogP contribution in [0.15, 0.2) is 18.2 Å². The molecule has 0 saturated carbocycles. The van der Waals surface area contributed by atoms with Crippen molar-refractivity contribution in [2.45, 2.75) is 6.92 Å². The minimum atomic E-state index is -0.755. The summed E-state index contributed by atoms with van der Waals surface area (Å²) in [7, 11) is 1.06. The highest BCUT2D eigenvalue weighted by molar-refractivity contribution is 7.85. The van der Waals surface area contributed by atoms with Gasteiger partial charge in [0.1, 0.15) is 0 Å². The average molecular weight is 266 g/mol. The first kappa shape index (κ1) is 13.1. The van der Waals surface area contributed by atoms with Gasteiger partial charge >= 0.3 is 0 Å². The van der Waals surface area contributed by atoms with Crippen LogP contribution in [0.5, 0.6) is 0 Å². The van der Waals surface area contributed by atoms with Gasteiger partial charge in [-0.25, -0.2) is 0 Å². The van der Waals surface area contributed by atoms with Crippen molar-refractivity contribution in [3.8, 4) is 0 Å². The van der Waals surface area contributed by atoms with Crippen LogP contribution < -0.4 is 5.32 Å². The molecule has 1 N–H and O–H groups in total. The zero-order valence-corrected chi connectivity index (χ0v) is 11.5. The van der Waals surface area contributed by atoms with Gasteiger partial charge in [0.2, 0.25) is 0 Å². The Kier molecular flexibility index (Phi) is 4.01. The SMILES string of the molecule is CNc1ccc(C)cc1C(=O)N1CCS(=O)CC1. The molecule has 1 aromatic carbocycles.